The molecule has 0 spiro atoms. The number of nitrogens with zero attached hydrogens (tertiary/aromatic N) is 1. The van der Waals surface area contributed by atoms with E-state index in [1.165, 1.54) is 0 Å². The first-order valence-electron chi connectivity index (χ1n) is 8.43. The highest BCUT2D eigenvalue weighted by Gasteiger charge is 2.29. The maximum absolute atomic E-state index is 12.2. The van der Waals surface area contributed by atoms with Crippen molar-refractivity contribution < 1.29 is 9.53 Å². The number of amides is 1. The summed E-state index contributed by atoms with van der Waals surface area (Å²) in [6.07, 6.45) is 2.68. The molecule has 0 radical (unpaired) electrons. The summed E-state index contributed by atoms with van der Waals surface area (Å²) in [5.41, 5.74) is 6.43. The summed E-state index contributed by atoms with van der Waals surface area (Å²) in [7, 11) is 1.70. The van der Waals surface area contributed by atoms with Crippen LogP contribution in [0.1, 0.15) is 33.1 Å². The van der Waals surface area contributed by atoms with Crippen LogP contribution in [-0.2, 0) is 4.79 Å². The molecule has 5 heteroatoms. The molecule has 1 aliphatic heterocycles. The fourth-order valence-corrected chi connectivity index (χ4v) is 3.18. The number of hydrogen-bond acceptors (Lipinski definition) is 4. The molecule has 1 amide bonds. The number of anilines is 1. The van der Waals surface area contributed by atoms with E-state index < -0.39 is 5.54 Å². The summed E-state index contributed by atoms with van der Waals surface area (Å²) in [5.74, 6) is 1.30. The Kier molecular flexibility index (Phi) is 5.88. The van der Waals surface area contributed by atoms with Gasteiger partial charge in [-0.2, -0.15) is 0 Å². The Morgan fingerprint density at radius 3 is 2.91 bits per heavy atom. The second-order valence-corrected chi connectivity index (χ2v) is 6.65. The molecule has 2 atom stereocenters. The molecule has 0 aromatic heterocycles. The van der Waals surface area contributed by atoms with Crippen molar-refractivity contribution in [2.24, 2.45) is 11.7 Å². The molecular formula is C18H29N3O2. The second-order valence-electron chi connectivity index (χ2n) is 6.65. The molecule has 0 aliphatic carbocycles. The molecule has 1 aliphatic rings. The van der Waals surface area contributed by atoms with E-state index in [0.29, 0.717) is 18.9 Å². The van der Waals surface area contributed by atoms with Crippen molar-refractivity contribution in [2.75, 3.05) is 31.6 Å². The quantitative estimate of drug-likeness (QED) is 0.808. The number of methoxy groups -OCH3 is 1. The summed E-state index contributed by atoms with van der Waals surface area (Å²) in [5, 5.41) is 3.03. The predicted octanol–water partition coefficient (Wildman–Crippen LogP) is 2.16. The van der Waals surface area contributed by atoms with E-state index in [1.54, 1.807) is 7.11 Å². The molecule has 128 valence electrons. The molecule has 0 bridgehead atoms. The molecule has 1 saturated heterocycles. The molecule has 3 N–H and O–H groups in total. The van der Waals surface area contributed by atoms with Gasteiger partial charge in [0.25, 0.3) is 0 Å². The van der Waals surface area contributed by atoms with Crippen LogP contribution in [-0.4, -0.2) is 38.2 Å². The number of carbonyl (C=O) groups is 1. The minimum Gasteiger partial charge on any atom is -0.495 e. The number of nitrogens with one attached hydrogen (secondary N) is 1. The molecule has 23 heavy (non-hydrogen) atoms. The summed E-state index contributed by atoms with van der Waals surface area (Å²) in [4.78, 5) is 14.5. The minimum absolute atomic E-state index is 0.0462. The summed E-state index contributed by atoms with van der Waals surface area (Å²) in [6.45, 7) is 6.44. The van der Waals surface area contributed by atoms with Gasteiger partial charge in [-0.05, 0) is 37.8 Å². The van der Waals surface area contributed by atoms with Crippen molar-refractivity contribution in [3.8, 4) is 5.75 Å². The van der Waals surface area contributed by atoms with Crippen molar-refractivity contribution >= 4 is 11.6 Å². The van der Waals surface area contributed by atoms with Gasteiger partial charge in [0.05, 0.1) is 18.3 Å². The van der Waals surface area contributed by atoms with Crippen molar-refractivity contribution in [3.05, 3.63) is 24.3 Å². The van der Waals surface area contributed by atoms with E-state index in [4.69, 9.17) is 10.5 Å². The summed E-state index contributed by atoms with van der Waals surface area (Å²) >= 11 is 0. The number of hydrogen-bond donors (Lipinski definition) is 2. The van der Waals surface area contributed by atoms with Crippen LogP contribution in [0.25, 0.3) is 0 Å². The zero-order chi connectivity index (χ0) is 16.9. The molecule has 1 heterocycles. The Labute approximate surface area is 139 Å². The molecule has 1 fully saturated rings. The lowest BCUT2D eigenvalue weighted by molar-refractivity contribution is -0.126. The lowest BCUT2D eigenvalue weighted by Crippen LogP contribution is -2.52. The number of carbonyl (C=O) groups excluding carboxylic acids is 1. The Hall–Kier alpha value is -1.75. The van der Waals surface area contributed by atoms with Gasteiger partial charge in [0, 0.05) is 19.6 Å². The maximum atomic E-state index is 12.2. The fourth-order valence-electron chi connectivity index (χ4n) is 3.18. The first kappa shape index (κ1) is 17.6. The van der Waals surface area contributed by atoms with E-state index >= 15 is 0 Å². The average Bonchev–Trinajstić information content (AvgIpc) is 3.01. The van der Waals surface area contributed by atoms with Gasteiger partial charge in [-0.15, -0.1) is 0 Å². The molecule has 2 unspecified atom stereocenters. The van der Waals surface area contributed by atoms with Crippen molar-refractivity contribution in [3.63, 3.8) is 0 Å². The third-order valence-corrected chi connectivity index (χ3v) is 4.55. The maximum Gasteiger partial charge on any atom is 0.239 e. The van der Waals surface area contributed by atoms with Gasteiger partial charge in [0.15, 0.2) is 0 Å². The third-order valence-electron chi connectivity index (χ3n) is 4.55. The lowest BCUT2D eigenvalue weighted by atomic mass is 9.96. The van der Waals surface area contributed by atoms with Crippen molar-refractivity contribution in [1.29, 1.82) is 0 Å². The Balaban J connectivity index is 1.87. The smallest absolute Gasteiger partial charge is 0.239 e. The highest BCUT2D eigenvalue weighted by Crippen LogP contribution is 2.31. The highest BCUT2D eigenvalue weighted by molar-refractivity contribution is 5.85. The summed E-state index contributed by atoms with van der Waals surface area (Å²) < 4.78 is 5.43. The van der Waals surface area contributed by atoms with Crippen LogP contribution < -0.4 is 20.7 Å². The van der Waals surface area contributed by atoms with E-state index in [9.17, 15) is 4.79 Å². The molecule has 1 aromatic carbocycles. The standard InChI is InChI=1S/C18H29N3O2/c1-4-10-18(2,19)17(22)20-12-14-9-11-21(13-14)15-7-5-6-8-16(15)23-3/h5-8,14H,4,9-13,19H2,1-3H3,(H,20,22). The average molecular weight is 319 g/mol. The van der Waals surface area contributed by atoms with Gasteiger partial charge in [-0.1, -0.05) is 25.5 Å². The first-order valence-corrected chi connectivity index (χ1v) is 8.43. The van der Waals surface area contributed by atoms with E-state index in [-0.39, 0.29) is 5.91 Å². The molecule has 1 aromatic rings. The number of ether oxygens (including phenoxy) is 1. The molecule has 5 nitrogen and oxygen atoms in total. The van der Waals surface area contributed by atoms with E-state index in [0.717, 1.165) is 37.4 Å². The Morgan fingerprint density at radius 1 is 1.48 bits per heavy atom. The van der Waals surface area contributed by atoms with Crippen LogP contribution in [0.2, 0.25) is 0 Å². The van der Waals surface area contributed by atoms with Crippen LogP contribution >= 0.6 is 0 Å². The minimum atomic E-state index is -0.768. The Morgan fingerprint density at radius 2 is 2.22 bits per heavy atom. The van der Waals surface area contributed by atoms with Crippen LogP contribution in [0.15, 0.2) is 24.3 Å². The van der Waals surface area contributed by atoms with Crippen molar-refractivity contribution in [2.45, 2.75) is 38.6 Å². The normalized spacial score (nSPS) is 20.2. The van der Waals surface area contributed by atoms with E-state index in [2.05, 4.69) is 16.3 Å². The molecular weight excluding hydrogens is 290 g/mol. The number of benzene rings is 1. The van der Waals surface area contributed by atoms with Gasteiger partial charge in [0.1, 0.15) is 5.75 Å². The Bertz CT molecular complexity index is 531. The van der Waals surface area contributed by atoms with Gasteiger partial charge >= 0.3 is 0 Å². The first-order chi connectivity index (χ1) is 11.0. The second kappa shape index (κ2) is 7.68. The highest BCUT2D eigenvalue weighted by atomic mass is 16.5. The monoisotopic (exact) mass is 319 g/mol. The van der Waals surface area contributed by atoms with Gasteiger partial charge in [0.2, 0.25) is 5.91 Å². The number of rotatable bonds is 7. The third kappa shape index (κ3) is 4.38. The van der Waals surface area contributed by atoms with Gasteiger partial charge < -0.3 is 20.7 Å². The van der Waals surface area contributed by atoms with Gasteiger partial charge in [-0.25, -0.2) is 0 Å². The topological polar surface area (TPSA) is 67.6 Å². The fraction of sp³-hybridized carbons (Fsp3) is 0.611. The van der Waals surface area contributed by atoms with Crippen molar-refractivity contribution in [1.82, 2.24) is 5.32 Å². The largest absolute Gasteiger partial charge is 0.495 e. The molecule has 0 saturated carbocycles. The number of nitrogens with two attached hydrogens (primary N) is 1. The predicted molar refractivity (Wildman–Crippen MR) is 93.8 cm³/mol. The van der Waals surface area contributed by atoms with E-state index in [1.807, 2.05) is 32.0 Å². The summed E-state index contributed by atoms with van der Waals surface area (Å²) in [6, 6.07) is 8.07. The zero-order valence-corrected chi connectivity index (χ0v) is 14.5. The van der Waals surface area contributed by atoms with Crippen LogP contribution in [0.5, 0.6) is 5.75 Å². The SMILES string of the molecule is CCCC(C)(N)C(=O)NCC1CCN(c2ccccc2OC)C1. The zero-order valence-electron chi connectivity index (χ0n) is 14.5. The van der Waals surface area contributed by atoms with Crippen LogP contribution in [0.3, 0.4) is 0 Å². The molecule has 2 rings (SSSR count). The van der Waals surface area contributed by atoms with Gasteiger partial charge in [-0.3, -0.25) is 4.79 Å². The lowest BCUT2D eigenvalue weighted by Gasteiger charge is -2.24. The number of para-hydroxylation sites is 2. The van der Waals surface area contributed by atoms with Crippen LogP contribution in [0.4, 0.5) is 5.69 Å². The van der Waals surface area contributed by atoms with Crippen LogP contribution in [0, 0.1) is 5.92 Å².